The number of nitrogens with one attached hydrogen (secondary N) is 1. The molecular formula is C13H24N4. The first-order valence-electron chi connectivity index (χ1n) is 6.18. The smallest absolute Gasteiger partial charge is 0.140 e. The van der Waals surface area contributed by atoms with Gasteiger partial charge in [-0.15, -0.1) is 0 Å². The van der Waals surface area contributed by atoms with Gasteiger partial charge in [0.25, 0.3) is 0 Å². The Balaban J connectivity index is 2.71. The molecule has 0 radical (unpaired) electrons. The largest absolute Gasteiger partial charge is 0.308 e. The Bertz CT molecular complexity index is 336. The first-order chi connectivity index (χ1) is 8.02. The number of nitrogen functional groups attached to an aromatic ring is 1. The van der Waals surface area contributed by atoms with Gasteiger partial charge in [-0.25, -0.2) is 10.8 Å². The number of aromatic nitrogens is 1. The Hall–Kier alpha value is -1.13. The summed E-state index contributed by atoms with van der Waals surface area (Å²) < 4.78 is 0. The van der Waals surface area contributed by atoms with Gasteiger partial charge in [-0.05, 0) is 37.5 Å². The normalized spacial score (nSPS) is 11.5. The van der Waals surface area contributed by atoms with Gasteiger partial charge in [-0.2, -0.15) is 0 Å². The molecule has 96 valence electrons. The van der Waals surface area contributed by atoms with Crippen molar-refractivity contribution in [1.82, 2.24) is 9.88 Å². The van der Waals surface area contributed by atoms with Gasteiger partial charge in [0.2, 0.25) is 0 Å². The zero-order valence-electron chi connectivity index (χ0n) is 11.3. The highest BCUT2D eigenvalue weighted by molar-refractivity contribution is 5.35. The topological polar surface area (TPSA) is 54.2 Å². The fourth-order valence-corrected chi connectivity index (χ4v) is 1.81. The average molecular weight is 236 g/mol. The molecular weight excluding hydrogens is 212 g/mol. The molecule has 0 aliphatic heterocycles. The molecule has 0 unspecified atom stereocenters. The third-order valence-electron chi connectivity index (χ3n) is 2.69. The molecule has 0 spiro atoms. The van der Waals surface area contributed by atoms with E-state index >= 15 is 0 Å². The van der Waals surface area contributed by atoms with Crippen molar-refractivity contribution in [1.29, 1.82) is 0 Å². The molecule has 0 bridgehead atoms. The summed E-state index contributed by atoms with van der Waals surface area (Å²) in [7, 11) is 0. The zero-order chi connectivity index (χ0) is 12.8. The maximum Gasteiger partial charge on any atom is 0.140 e. The lowest BCUT2D eigenvalue weighted by Gasteiger charge is -2.28. The number of anilines is 1. The number of rotatable bonds is 6. The van der Waals surface area contributed by atoms with Crippen molar-refractivity contribution in [3.8, 4) is 0 Å². The first-order valence-corrected chi connectivity index (χ1v) is 6.18. The fourth-order valence-electron chi connectivity index (χ4n) is 1.81. The van der Waals surface area contributed by atoms with Gasteiger partial charge in [0.05, 0.1) is 0 Å². The van der Waals surface area contributed by atoms with Crippen LogP contribution in [-0.2, 0) is 6.54 Å². The van der Waals surface area contributed by atoms with Crippen molar-refractivity contribution in [2.24, 2.45) is 11.8 Å². The molecule has 0 aromatic carbocycles. The quantitative estimate of drug-likeness (QED) is 0.587. The Kier molecular flexibility index (Phi) is 5.38. The molecule has 1 heterocycles. The Morgan fingerprint density at radius 2 is 2.06 bits per heavy atom. The monoisotopic (exact) mass is 236 g/mol. The van der Waals surface area contributed by atoms with Crippen LogP contribution in [0.4, 0.5) is 5.82 Å². The van der Waals surface area contributed by atoms with Crippen molar-refractivity contribution in [3.05, 3.63) is 23.9 Å². The van der Waals surface area contributed by atoms with Crippen LogP contribution in [0.2, 0.25) is 0 Å². The molecule has 1 rings (SSSR count). The number of nitrogens with two attached hydrogens (primary N) is 1. The maximum absolute atomic E-state index is 5.36. The van der Waals surface area contributed by atoms with Gasteiger partial charge in [-0.1, -0.05) is 13.8 Å². The number of hydrogen-bond acceptors (Lipinski definition) is 4. The molecule has 0 aliphatic carbocycles. The summed E-state index contributed by atoms with van der Waals surface area (Å²) in [6, 6.07) is 4.58. The summed E-state index contributed by atoms with van der Waals surface area (Å²) in [5.41, 5.74) is 3.82. The molecule has 0 atom stereocenters. The minimum absolute atomic E-state index is 0.542. The van der Waals surface area contributed by atoms with Crippen molar-refractivity contribution in [2.45, 2.75) is 40.3 Å². The third-order valence-corrected chi connectivity index (χ3v) is 2.69. The van der Waals surface area contributed by atoms with Crippen molar-refractivity contribution >= 4 is 5.82 Å². The molecule has 0 saturated heterocycles. The van der Waals surface area contributed by atoms with Gasteiger partial charge < -0.3 is 5.43 Å². The molecule has 0 saturated carbocycles. The summed E-state index contributed by atoms with van der Waals surface area (Å²) in [5.74, 6) is 6.75. The van der Waals surface area contributed by atoms with Crippen LogP contribution in [0.15, 0.2) is 18.3 Å². The molecule has 0 amide bonds. The lowest BCUT2D eigenvalue weighted by molar-refractivity contribution is 0.189. The minimum atomic E-state index is 0.542. The van der Waals surface area contributed by atoms with Crippen LogP contribution in [0.5, 0.6) is 0 Å². The van der Waals surface area contributed by atoms with Gasteiger partial charge in [0.1, 0.15) is 5.82 Å². The number of nitrogens with zero attached hydrogens (tertiary/aromatic N) is 2. The predicted molar refractivity (Wildman–Crippen MR) is 72.4 cm³/mol. The van der Waals surface area contributed by atoms with Crippen LogP contribution in [0, 0.1) is 5.92 Å². The van der Waals surface area contributed by atoms with E-state index in [1.165, 1.54) is 5.56 Å². The molecule has 1 aromatic heterocycles. The minimum Gasteiger partial charge on any atom is -0.308 e. The second-order valence-corrected chi connectivity index (χ2v) is 5.11. The van der Waals surface area contributed by atoms with Crippen LogP contribution in [0.25, 0.3) is 0 Å². The first kappa shape index (κ1) is 13.9. The van der Waals surface area contributed by atoms with Gasteiger partial charge in [0.15, 0.2) is 0 Å². The van der Waals surface area contributed by atoms with Crippen molar-refractivity contribution in [2.75, 3.05) is 12.0 Å². The highest BCUT2D eigenvalue weighted by atomic mass is 15.2. The molecule has 0 aliphatic rings. The predicted octanol–water partition coefficient (Wildman–Crippen LogP) is 2.23. The summed E-state index contributed by atoms with van der Waals surface area (Å²) in [6.45, 7) is 11.0. The van der Waals surface area contributed by atoms with Gasteiger partial charge in [0, 0.05) is 25.3 Å². The second kappa shape index (κ2) is 6.57. The Labute approximate surface area is 104 Å². The summed E-state index contributed by atoms with van der Waals surface area (Å²) >= 11 is 0. The third kappa shape index (κ3) is 4.71. The van der Waals surface area contributed by atoms with Crippen molar-refractivity contribution in [3.63, 3.8) is 0 Å². The van der Waals surface area contributed by atoms with E-state index in [1.807, 2.05) is 12.1 Å². The molecule has 4 heteroatoms. The molecule has 17 heavy (non-hydrogen) atoms. The number of pyridine rings is 1. The van der Waals surface area contributed by atoms with E-state index in [0.29, 0.717) is 12.0 Å². The number of hydrogen-bond donors (Lipinski definition) is 2. The zero-order valence-corrected chi connectivity index (χ0v) is 11.3. The highest BCUT2D eigenvalue weighted by Gasteiger charge is 2.12. The lowest BCUT2D eigenvalue weighted by atomic mass is 10.1. The van der Waals surface area contributed by atoms with E-state index in [1.54, 1.807) is 6.20 Å². The Morgan fingerprint density at radius 3 is 2.59 bits per heavy atom. The molecule has 4 nitrogen and oxygen atoms in total. The Morgan fingerprint density at radius 1 is 1.35 bits per heavy atom. The van der Waals surface area contributed by atoms with E-state index in [9.17, 15) is 0 Å². The average Bonchev–Trinajstić information content (AvgIpc) is 2.27. The fraction of sp³-hybridized carbons (Fsp3) is 0.615. The van der Waals surface area contributed by atoms with Gasteiger partial charge >= 0.3 is 0 Å². The lowest BCUT2D eigenvalue weighted by Crippen LogP contribution is -2.33. The van der Waals surface area contributed by atoms with Crippen LogP contribution >= 0.6 is 0 Å². The maximum atomic E-state index is 5.36. The van der Waals surface area contributed by atoms with Crippen LogP contribution in [0.1, 0.15) is 33.3 Å². The summed E-state index contributed by atoms with van der Waals surface area (Å²) in [6.07, 6.45) is 1.79. The highest BCUT2D eigenvalue weighted by Crippen LogP contribution is 2.12. The second-order valence-electron chi connectivity index (χ2n) is 5.11. The standard InChI is InChI=1S/C13H24N4/c1-10(2)8-17(11(3)4)9-12-5-6-15-13(7-12)16-14/h5-7,10-11H,8-9,14H2,1-4H3,(H,15,16). The summed E-state index contributed by atoms with van der Waals surface area (Å²) in [4.78, 5) is 6.57. The molecule has 1 aromatic rings. The van der Waals surface area contributed by atoms with E-state index in [2.05, 4.69) is 43.0 Å². The molecule has 3 N–H and O–H groups in total. The van der Waals surface area contributed by atoms with Crippen LogP contribution in [0.3, 0.4) is 0 Å². The van der Waals surface area contributed by atoms with Crippen LogP contribution < -0.4 is 11.3 Å². The molecule has 0 fully saturated rings. The SMILES string of the molecule is CC(C)CN(Cc1ccnc(NN)c1)C(C)C. The van der Waals surface area contributed by atoms with Crippen LogP contribution in [-0.4, -0.2) is 22.5 Å². The van der Waals surface area contributed by atoms with E-state index < -0.39 is 0 Å². The summed E-state index contributed by atoms with van der Waals surface area (Å²) in [5, 5.41) is 0. The van der Waals surface area contributed by atoms with Gasteiger partial charge in [-0.3, -0.25) is 4.90 Å². The van der Waals surface area contributed by atoms with Crippen molar-refractivity contribution < 1.29 is 0 Å². The number of hydrazine groups is 1. The van der Waals surface area contributed by atoms with E-state index in [0.717, 1.165) is 18.9 Å². The van der Waals surface area contributed by atoms with E-state index in [-0.39, 0.29) is 0 Å². The van der Waals surface area contributed by atoms with E-state index in [4.69, 9.17) is 5.84 Å².